The predicted molar refractivity (Wildman–Crippen MR) is 82.3 cm³/mol. The maximum absolute atomic E-state index is 11.5. The molecule has 1 rings (SSSR count). The van der Waals surface area contributed by atoms with E-state index >= 15 is 0 Å². The van der Waals surface area contributed by atoms with Crippen molar-refractivity contribution in [3.05, 3.63) is 21.9 Å². The zero-order valence-corrected chi connectivity index (χ0v) is 14.0. The van der Waals surface area contributed by atoms with Crippen LogP contribution in [0.25, 0.3) is 0 Å². The van der Waals surface area contributed by atoms with Crippen molar-refractivity contribution in [1.82, 2.24) is 0 Å². The van der Waals surface area contributed by atoms with Gasteiger partial charge in [-0.05, 0) is 24.5 Å². The SMILES string of the molecule is CC(C)Cc1ccc(C(OC(=O)CC(=O)O)OC(=O)CC(=O)O)s1. The lowest BCUT2D eigenvalue weighted by Crippen LogP contribution is -2.20. The fraction of sp³-hybridized carbons (Fsp3) is 0.467. The minimum absolute atomic E-state index is 0.378. The van der Waals surface area contributed by atoms with E-state index < -0.39 is 43.0 Å². The molecule has 2 N–H and O–H groups in total. The number of carboxylic acids is 2. The smallest absolute Gasteiger partial charge is 0.320 e. The van der Waals surface area contributed by atoms with Crippen LogP contribution in [0.3, 0.4) is 0 Å². The quantitative estimate of drug-likeness (QED) is 0.390. The first-order valence-corrected chi connectivity index (χ1v) is 7.90. The zero-order chi connectivity index (χ0) is 18.3. The lowest BCUT2D eigenvalue weighted by atomic mass is 10.1. The van der Waals surface area contributed by atoms with Gasteiger partial charge < -0.3 is 19.7 Å². The Hall–Kier alpha value is -2.42. The minimum atomic E-state index is -1.46. The summed E-state index contributed by atoms with van der Waals surface area (Å²) in [5.41, 5.74) is 0. The van der Waals surface area contributed by atoms with Crippen molar-refractivity contribution >= 4 is 35.2 Å². The number of hydrogen-bond acceptors (Lipinski definition) is 7. The van der Waals surface area contributed by atoms with Gasteiger partial charge in [0.25, 0.3) is 6.29 Å². The van der Waals surface area contributed by atoms with Crippen molar-refractivity contribution in [1.29, 1.82) is 0 Å². The van der Waals surface area contributed by atoms with Crippen LogP contribution in [0.15, 0.2) is 12.1 Å². The van der Waals surface area contributed by atoms with Gasteiger partial charge in [0.05, 0.1) is 4.88 Å². The highest BCUT2D eigenvalue weighted by Gasteiger charge is 2.25. The van der Waals surface area contributed by atoms with Crippen molar-refractivity contribution in [2.75, 3.05) is 0 Å². The fourth-order valence-corrected chi connectivity index (χ4v) is 2.93. The number of hydrogen-bond donors (Lipinski definition) is 2. The van der Waals surface area contributed by atoms with Crippen molar-refractivity contribution in [2.24, 2.45) is 5.92 Å². The van der Waals surface area contributed by atoms with E-state index in [0.717, 1.165) is 11.3 Å². The molecule has 0 bridgehead atoms. The monoisotopic (exact) mass is 358 g/mol. The lowest BCUT2D eigenvalue weighted by molar-refractivity contribution is -0.190. The molecule has 8 nitrogen and oxygen atoms in total. The maximum atomic E-state index is 11.5. The molecule has 0 saturated carbocycles. The van der Waals surface area contributed by atoms with Crippen LogP contribution >= 0.6 is 11.3 Å². The van der Waals surface area contributed by atoms with E-state index in [4.69, 9.17) is 19.7 Å². The number of rotatable bonds is 9. The Morgan fingerprint density at radius 2 is 1.50 bits per heavy atom. The second-order valence-corrected chi connectivity index (χ2v) is 6.55. The van der Waals surface area contributed by atoms with Gasteiger partial charge in [0.2, 0.25) is 0 Å². The van der Waals surface area contributed by atoms with Gasteiger partial charge >= 0.3 is 23.9 Å². The first-order chi connectivity index (χ1) is 11.2. The van der Waals surface area contributed by atoms with Crippen molar-refractivity contribution in [3.8, 4) is 0 Å². The second kappa shape index (κ2) is 9.02. The zero-order valence-electron chi connectivity index (χ0n) is 13.2. The van der Waals surface area contributed by atoms with Crippen LogP contribution in [0.5, 0.6) is 0 Å². The molecule has 1 heterocycles. The molecule has 1 aromatic heterocycles. The van der Waals surface area contributed by atoms with Gasteiger partial charge in [0, 0.05) is 4.88 Å². The Morgan fingerprint density at radius 1 is 1.00 bits per heavy atom. The van der Waals surface area contributed by atoms with E-state index in [1.54, 1.807) is 12.1 Å². The average Bonchev–Trinajstić information content (AvgIpc) is 2.83. The molecule has 0 aliphatic carbocycles. The number of carbonyl (C=O) groups excluding carboxylic acids is 2. The van der Waals surface area contributed by atoms with Crippen LogP contribution in [0.1, 0.15) is 42.7 Å². The molecule has 0 atom stereocenters. The summed E-state index contributed by atoms with van der Waals surface area (Å²) in [5, 5.41) is 17.2. The van der Waals surface area contributed by atoms with Gasteiger partial charge in [0.1, 0.15) is 12.8 Å². The molecule has 0 fully saturated rings. The predicted octanol–water partition coefficient (Wildman–Crippen LogP) is 1.98. The van der Waals surface area contributed by atoms with Crippen LogP contribution in [0, 0.1) is 5.92 Å². The highest BCUT2D eigenvalue weighted by atomic mass is 32.1. The first kappa shape index (κ1) is 19.6. The standard InChI is InChI=1S/C15H18O8S/c1-8(2)5-9-3-4-10(24-9)15(22-13(20)6-11(16)17)23-14(21)7-12(18)19/h3-4,8,15H,5-7H2,1-2H3,(H,16,17)(H,18,19). The third kappa shape index (κ3) is 7.23. The van der Waals surface area contributed by atoms with E-state index in [2.05, 4.69) is 0 Å². The largest absolute Gasteiger partial charge is 0.481 e. The normalized spacial score (nSPS) is 10.7. The molecule has 9 heteroatoms. The molecule has 0 saturated heterocycles. The van der Waals surface area contributed by atoms with Gasteiger partial charge in [-0.25, -0.2) is 0 Å². The maximum Gasteiger partial charge on any atom is 0.320 e. The third-order valence-corrected chi connectivity index (χ3v) is 3.72. The van der Waals surface area contributed by atoms with Crippen LogP contribution in [0.4, 0.5) is 0 Å². The molecule has 0 unspecified atom stereocenters. The number of ether oxygens (including phenoxy) is 2. The van der Waals surface area contributed by atoms with E-state index in [0.29, 0.717) is 10.8 Å². The van der Waals surface area contributed by atoms with Crippen molar-refractivity contribution in [3.63, 3.8) is 0 Å². The molecule has 132 valence electrons. The van der Waals surface area contributed by atoms with E-state index in [1.165, 1.54) is 11.3 Å². The van der Waals surface area contributed by atoms with Crippen LogP contribution in [-0.2, 0) is 35.1 Å². The van der Waals surface area contributed by atoms with Crippen molar-refractivity contribution < 1.29 is 38.9 Å². The van der Waals surface area contributed by atoms with Gasteiger partial charge in [-0.3, -0.25) is 19.2 Å². The van der Waals surface area contributed by atoms with E-state index in [1.807, 2.05) is 13.8 Å². The fourth-order valence-electron chi connectivity index (χ4n) is 1.74. The van der Waals surface area contributed by atoms with Gasteiger partial charge in [-0.15, -0.1) is 11.3 Å². The first-order valence-electron chi connectivity index (χ1n) is 7.08. The number of aliphatic carboxylic acids is 2. The van der Waals surface area contributed by atoms with Crippen molar-refractivity contribution in [2.45, 2.75) is 39.4 Å². The van der Waals surface area contributed by atoms with Crippen LogP contribution < -0.4 is 0 Å². The molecule has 0 amide bonds. The number of carboxylic acid groups (broad SMARTS) is 2. The molecule has 0 radical (unpaired) electrons. The molecular weight excluding hydrogens is 340 g/mol. The average molecular weight is 358 g/mol. The van der Waals surface area contributed by atoms with E-state index in [9.17, 15) is 19.2 Å². The summed E-state index contributed by atoms with van der Waals surface area (Å²) in [6, 6.07) is 3.37. The number of carbonyl (C=O) groups is 4. The molecule has 0 aliphatic rings. The van der Waals surface area contributed by atoms with Gasteiger partial charge in [-0.2, -0.15) is 0 Å². The summed E-state index contributed by atoms with van der Waals surface area (Å²) >= 11 is 1.24. The van der Waals surface area contributed by atoms with E-state index in [-0.39, 0.29) is 0 Å². The topological polar surface area (TPSA) is 127 Å². The highest BCUT2D eigenvalue weighted by molar-refractivity contribution is 7.12. The summed E-state index contributed by atoms with van der Waals surface area (Å²) in [6.07, 6.45) is -2.48. The molecule has 0 spiro atoms. The summed E-state index contributed by atoms with van der Waals surface area (Å²) in [7, 11) is 0. The molecule has 0 aliphatic heterocycles. The Bertz CT molecular complexity index is 589. The van der Waals surface area contributed by atoms with Gasteiger partial charge in [0.15, 0.2) is 0 Å². The number of esters is 2. The Kier molecular flexibility index (Phi) is 7.37. The summed E-state index contributed by atoms with van der Waals surface area (Å²) in [4.78, 5) is 45.5. The Morgan fingerprint density at radius 3 is 1.92 bits per heavy atom. The van der Waals surface area contributed by atoms with Gasteiger partial charge in [-0.1, -0.05) is 13.8 Å². The van der Waals surface area contributed by atoms with Crippen LogP contribution in [0.2, 0.25) is 0 Å². The third-order valence-electron chi connectivity index (χ3n) is 2.59. The Balaban J connectivity index is 2.88. The Labute approximate surface area is 142 Å². The summed E-state index contributed by atoms with van der Waals surface area (Å²) in [5.74, 6) is -4.56. The summed E-state index contributed by atoms with van der Waals surface area (Å²) < 4.78 is 9.75. The second-order valence-electron chi connectivity index (χ2n) is 5.35. The lowest BCUT2D eigenvalue weighted by Gasteiger charge is -2.16. The molecule has 0 aromatic carbocycles. The minimum Gasteiger partial charge on any atom is -0.481 e. The highest BCUT2D eigenvalue weighted by Crippen LogP contribution is 2.29. The molecular formula is C15H18O8S. The van der Waals surface area contributed by atoms with Crippen LogP contribution in [-0.4, -0.2) is 34.1 Å². The number of thiophene rings is 1. The molecule has 24 heavy (non-hydrogen) atoms. The summed E-state index contributed by atoms with van der Waals surface area (Å²) in [6.45, 7) is 4.05. The molecule has 1 aromatic rings.